The smallest absolute Gasteiger partial charge is 0.0242 e. The molecule has 2 heteroatoms. The fourth-order valence-electron chi connectivity index (χ4n) is 1.45. The molecule has 0 spiro atoms. The topological polar surface area (TPSA) is 17.0 Å². The first-order valence-corrected chi connectivity index (χ1v) is 5.46. The minimum atomic E-state index is 0.559. The first kappa shape index (κ1) is 11.3. The van der Waals surface area contributed by atoms with Crippen molar-refractivity contribution in [2.45, 2.75) is 46.8 Å². The SMILES string of the molecule is CC(C)Cn1ccc(CNC(C)C)c1. The van der Waals surface area contributed by atoms with Gasteiger partial charge in [0.1, 0.15) is 0 Å². The molecule has 1 N–H and O–H groups in total. The van der Waals surface area contributed by atoms with Crippen LogP contribution in [0.5, 0.6) is 0 Å². The lowest BCUT2D eigenvalue weighted by Crippen LogP contribution is -2.21. The van der Waals surface area contributed by atoms with Gasteiger partial charge < -0.3 is 9.88 Å². The molecule has 0 fully saturated rings. The Kier molecular flexibility index (Phi) is 4.21. The second-order valence-electron chi connectivity index (χ2n) is 4.65. The molecule has 0 aliphatic rings. The summed E-state index contributed by atoms with van der Waals surface area (Å²) < 4.78 is 2.27. The minimum Gasteiger partial charge on any atom is -0.354 e. The van der Waals surface area contributed by atoms with Crippen LogP contribution in [0.1, 0.15) is 33.3 Å². The van der Waals surface area contributed by atoms with Crippen LogP contribution in [-0.4, -0.2) is 10.6 Å². The van der Waals surface area contributed by atoms with Gasteiger partial charge in [-0.1, -0.05) is 27.7 Å². The van der Waals surface area contributed by atoms with Crippen LogP contribution >= 0.6 is 0 Å². The van der Waals surface area contributed by atoms with E-state index in [1.165, 1.54) is 5.56 Å². The molecule has 0 bridgehead atoms. The van der Waals surface area contributed by atoms with Crippen LogP contribution in [0.2, 0.25) is 0 Å². The van der Waals surface area contributed by atoms with Crippen LogP contribution in [0, 0.1) is 5.92 Å². The summed E-state index contributed by atoms with van der Waals surface area (Å²) in [5.74, 6) is 0.716. The molecule has 0 aromatic carbocycles. The predicted molar refractivity (Wildman–Crippen MR) is 61.2 cm³/mol. The Morgan fingerprint density at radius 3 is 2.57 bits per heavy atom. The molecular weight excluding hydrogens is 172 g/mol. The third kappa shape index (κ3) is 3.97. The normalized spacial score (nSPS) is 11.6. The average Bonchev–Trinajstić information content (AvgIpc) is 2.47. The Morgan fingerprint density at radius 2 is 2.00 bits per heavy atom. The van der Waals surface area contributed by atoms with Crippen molar-refractivity contribution >= 4 is 0 Å². The molecule has 0 saturated carbocycles. The number of aromatic nitrogens is 1. The van der Waals surface area contributed by atoms with Gasteiger partial charge in [-0.25, -0.2) is 0 Å². The average molecular weight is 194 g/mol. The van der Waals surface area contributed by atoms with E-state index in [0.29, 0.717) is 12.0 Å². The van der Waals surface area contributed by atoms with Gasteiger partial charge in [0.05, 0.1) is 0 Å². The molecule has 1 aromatic rings. The minimum absolute atomic E-state index is 0.559. The van der Waals surface area contributed by atoms with Crippen molar-refractivity contribution < 1.29 is 0 Å². The molecule has 0 radical (unpaired) electrons. The second kappa shape index (κ2) is 5.20. The molecule has 0 saturated heterocycles. The van der Waals surface area contributed by atoms with Crippen LogP contribution in [0.25, 0.3) is 0 Å². The summed E-state index contributed by atoms with van der Waals surface area (Å²) >= 11 is 0. The molecule has 14 heavy (non-hydrogen) atoms. The first-order chi connectivity index (χ1) is 6.58. The van der Waals surface area contributed by atoms with Crippen molar-refractivity contribution in [3.8, 4) is 0 Å². The standard InChI is InChI=1S/C12H22N2/c1-10(2)8-14-6-5-12(9-14)7-13-11(3)4/h5-6,9-11,13H,7-8H2,1-4H3. The fourth-order valence-corrected chi connectivity index (χ4v) is 1.45. The van der Waals surface area contributed by atoms with Crippen LogP contribution in [0.4, 0.5) is 0 Å². The number of rotatable bonds is 5. The van der Waals surface area contributed by atoms with Gasteiger partial charge in [0, 0.05) is 31.5 Å². The summed E-state index contributed by atoms with van der Waals surface area (Å²) in [6, 6.07) is 2.75. The van der Waals surface area contributed by atoms with Gasteiger partial charge in [-0.15, -0.1) is 0 Å². The summed E-state index contributed by atoms with van der Waals surface area (Å²) in [4.78, 5) is 0. The lowest BCUT2D eigenvalue weighted by atomic mass is 10.2. The zero-order chi connectivity index (χ0) is 10.6. The molecule has 1 heterocycles. The van der Waals surface area contributed by atoms with Crippen molar-refractivity contribution in [2.75, 3.05) is 0 Å². The van der Waals surface area contributed by atoms with Crippen molar-refractivity contribution in [3.63, 3.8) is 0 Å². The molecule has 1 aromatic heterocycles. The van der Waals surface area contributed by atoms with E-state index in [-0.39, 0.29) is 0 Å². The van der Waals surface area contributed by atoms with E-state index in [1.54, 1.807) is 0 Å². The molecule has 0 aliphatic carbocycles. The zero-order valence-electron chi connectivity index (χ0n) is 9.75. The van der Waals surface area contributed by atoms with Crippen molar-refractivity contribution in [1.82, 2.24) is 9.88 Å². The number of nitrogens with one attached hydrogen (secondary N) is 1. The Bertz CT molecular complexity index is 261. The highest BCUT2D eigenvalue weighted by molar-refractivity contribution is 5.10. The molecule has 2 nitrogen and oxygen atoms in total. The highest BCUT2D eigenvalue weighted by Gasteiger charge is 1.99. The van der Waals surface area contributed by atoms with Gasteiger partial charge in [-0.2, -0.15) is 0 Å². The highest BCUT2D eigenvalue weighted by Crippen LogP contribution is 2.05. The van der Waals surface area contributed by atoms with E-state index < -0.39 is 0 Å². The van der Waals surface area contributed by atoms with E-state index in [1.807, 2.05) is 0 Å². The van der Waals surface area contributed by atoms with Gasteiger partial charge in [0.15, 0.2) is 0 Å². The Morgan fingerprint density at radius 1 is 1.29 bits per heavy atom. The van der Waals surface area contributed by atoms with E-state index in [4.69, 9.17) is 0 Å². The lowest BCUT2D eigenvalue weighted by Gasteiger charge is -2.07. The van der Waals surface area contributed by atoms with E-state index in [2.05, 4.69) is 56.0 Å². The second-order valence-corrected chi connectivity index (χ2v) is 4.65. The largest absolute Gasteiger partial charge is 0.354 e. The summed E-state index contributed by atoms with van der Waals surface area (Å²) in [7, 11) is 0. The molecule has 0 unspecified atom stereocenters. The maximum absolute atomic E-state index is 3.42. The maximum atomic E-state index is 3.42. The Hall–Kier alpha value is -0.760. The van der Waals surface area contributed by atoms with E-state index in [9.17, 15) is 0 Å². The first-order valence-electron chi connectivity index (χ1n) is 5.46. The highest BCUT2D eigenvalue weighted by atomic mass is 15.0. The molecule has 0 atom stereocenters. The van der Waals surface area contributed by atoms with Gasteiger partial charge in [0.25, 0.3) is 0 Å². The third-order valence-electron chi connectivity index (χ3n) is 2.10. The molecule has 0 amide bonds. The number of nitrogens with zero attached hydrogens (tertiary/aromatic N) is 1. The summed E-state index contributed by atoms with van der Waals surface area (Å²) in [6.45, 7) is 10.9. The third-order valence-corrected chi connectivity index (χ3v) is 2.10. The molecular formula is C12H22N2. The Labute approximate surface area is 87.3 Å². The monoisotopic (exact) mass is 194 g/mol. The lowest BCUT2D eigenvalue weighted by molar-refractivity contribution is 0.522. The predicted octanol–water partition coefficient (Wildman–Crippen LogP) is 2.64. The van der Waals surface area contributed by atoms with Gasteiger partial charge in [-0.05, 0) is 17.5 Å². The van der Waals surface area contributed by atoms with Gasteiger partial charge >= 0.3 is 0 Å². The zero-order valence-corrected chi connectivity index (χ0v) is 9.75. The van der Waals surface area contributed by atoms with Gasteiger partial charge in [0.2, 0.25) is 0 Å². The maximum Gasteiger partial charge on any atom is 0.0242 e. The van der Waals surface area contributed by atoms with Crippen LogP contribution in [0.3, 0.4) is 0 Å². The number of hydrogen-bond donors (Lipinski definition) is 1. The summed E-state index contributed by atoms with van der Waals surface area (Å²) in [5.41, 5.74) is 1.37. The fraction of sp³-hybridized carbons (Fsp3) is 0.667. The Balaban J connectivity index is 2.42. The molecule has 0 aliphatic heterocycles. The van der Waals surface area contributed by atoms with Crippen molar-refractivity contribution in [2.24, 2.45) is 5.92 Å². The summed E-state index contributed by atoms with van der Waals surface area (Å²) in [6.07, 6.45) is 4.40. The number of hydrogen-bond acceptors (Lipinski definition) is 1. The van der Waals surface area contributed by atoms with Crippen LogP contribution in [-0.2, 0) is 13.1 Å². The van der Waals surface area contributed by atoms with Crippen LogP contribution in [0.15, 0.2) is 18.5 Å². The van der Waals surface area contributed by atoms with E-state index >= 15 is 0 Å². The molecule has 1 rings (SSSR count). The molecule has 80 valence electrons. The van der Waals surface area contributed by atoms with Crippen molar-refractivity contribution in [3.05, 3.63) is 24.0 Å². The van der Waals surface area contributed by atoms with E-state index in [0.717, 1.165) is 13.1 Å². The quantitative estimate of drug-likeness (QED) is 0.762. The summed E-state index contributed by atoms with van der Waals surface area (Å²) in [5, 5.41) is 3.42. The van der Waals surface area contributed by atoms with Crippen molar-refractivity contribution in [1.29, 1.82) is 0 Å². The van der Waals surface area contributed by atoms with Crippen LogP contribution < -0.4 is 5.32 Å². The van der Waals surface area contributed by atoms with Gasteiger partial charge in [-0.3, -0.25) is 0 Å².